The van der Waals surface area contributed by atoms with Gasteiger partial charge in [-0.3, -0.25) is 0 Å². The molecule has 2 rings (SSSR count). The van der Waals surface area contributed by atoms with Crippen LogP contribution >= 0.6 is 0 Å². The summed E-state index contributed by atoms with van der Waals surface area (Å²) in [5.41, 5.74) is 0.514. The molecule has 1 nitrogen and oxygen atoms in total. The summed E-state index contributed by atoms with van der Waals surface area (Å²) in [6.07, 6.45) is 6.49. The average molecular weight is 156 g/mol. The molecule has 2 heterocycles. The monoisotopic (exact) mass is 156 g/mol. The Bertz CT molecular complexity index is 139. The molecule has 2 aliphatic heterocycles. The topological polar surface area (TPSA) is 9.23 Å². The van der Waals surface area contributed by atoms with Crippen molar-refractivity contribution in [3.63, 3.8) is 0 Å². The second-order valence-corrected chi connectivity index (χ2v) is 4.36. The van der Waals surface area contributed by atoms with Gasteiger partial charge in [-0.1, -0.05) is 7.43 Å². The lowest BCUT2D eigenvalue weighted by Crippen LogP contribution is -2.35. The smallest absolute Gasteiger partial charge is 0.0663 e. The zero-order valence-corrected chi connectivity index (χ0v) is 6.94. The summed E-state index contributed by atoms with van der Waals surface area (Å²) in [6, 6.07) is 0. The molecule has 0 aromatic heterocycles. The molecule has 0 amide bonds. The van der Waals surface area contributed by atoms with Gasteiger partial charge in [-0.25, -0.2) is 0 Å². The Hall–Kier alpha value is -0.0400. The molecule has 2 saturated heterocycles. The molecule has 11 heavy (non-hydrogen) atoms. The summed E-state index contributed by atoms with van der Waals surface area (Å²) in [6.45, 7) is 4.52. The predicted molar refractivity (Wildman–Crippen MR) is 47.7 cm³/mol. The molecule has 0 aliphatic carbocycles. The van der Waals surface area contributed by atoms with Gasteiger partial charge in [0.15, 0.2) is 0 Å². The minimum absolute atomic E-state index is 0. The highest BCUT2D eigenvalue weighted by Gasteiger charge is 2.46. The van der Waals surface area contributed by atoms with Crippen LogP contribution in [0.5, 0.6) is 0 Å². The predicted octanol–water partition coefficient (Wildman–Crippen LogP) is 3.13. The Balaban J connectivity index is 0.000000605. The van der Waals surface area contributed by atoms with Crippen LogP contribution in [0.2, 0.25) is 0 Å². The second kappa shape index (κ2) is 2.48. The number of hydrogen-bond acceptors (Lipinski definition) is 1. The van der Waals surface area contributed by atoms with E-state index in [1.54, 1.807) is 0 Å². The molecule has 0 radical (unpaired) electrons. The number of ether oxygens (including phenoxy) is 1. The number of rotatable bonds is 0. The number of hydrogen-bond donors (Lipinski definition) is 0. The first kappa shape index (κ1) is 9.05. The van der Waals surface area contributed by atoms with Crippen molar-refractivity contribution >= 4 is 0 Å². The van der Waals surface area contributed by atoms with E-state index in [2.05, 4.69) is 13.8 Å². The molecule has 1 heteroatoms. The Morgan fingerprint density at radius 3 is 1.73 bits per heavy atom. The summed E-state index contributed by atoms with van der Waals surface area (Å²) in [4.78, 5) is 0. The lowest BCUT2D eigenvalue weighted by atomic mass is 9.95. The van der Waals surface area contributed by atoms with Crippen LogP contribution in [0, 0.1) is 0 Å². The van der Waals surface area contributed by atoms with E-state index in [0.29, 0.717) is 0 Å². The Kier molecular flexibility index (Phi) is 2.04. The Morgan fingerprint density at radius 1 is 0.909 bits per heavy atom. The molecule has 2 atom stereocenters. The van der Waals surface area contributed by atoms with Crippen LogP contribution in [-0.2, 0) is 4.74 Å². The van der Waals surface area contributed by atoms with E-state index in [-0.39, 0.29) is 18.6 Å². The highest BCUT2D eigenvalue weighted by atomic mass is 16.5. The zero-order chi connectivity index (χ0) is 7.24. The first-order valence-corrected chi connectivity index (χ1v) is 4.32. The highest BCUT2D eigenvalue weighted by molar-refractivity contribution is 4.96. The van der Waals surface area contributed by atoms with Crippen molar-refractivity contribution in [2.24, 2.45) is 0 Å². The molecule has 2 unspecified atom stereocenters. The van der Waals surface area contributed by atoms with Crippen molar-refractivity contribution in [2.75, 3.05) is 0 Å². The molecule has 0 spiro atoms. The quantitative estimate of drug-likeness (QED) is 0.523. The van der Waals surface area contributed by atoms with Crippen molar-refractivity contribution in [1.82, 2.24) is 0 Å². The van der Waals surface area contributed by atoms with Gasteiger partial charge in [-0.05, 0) is 46.0 Å². The second-order valence-electron chi connectivity index (χ2n) is 4.36. The van der Waals surface area contributed by atoms with E-state index in [1.807, 2.05) is 0 Å². The van der Waals surface area contributed by atoms with Crippen LogP contribution < -0.4 is 0 Å². The third-order valence-corrected chi connectivity index (χ3v) is 3.09. The van der Waals surface area contributed by atoms with Crippen molar-refractivity contribution in [3.8, 4) is 0 Å². The molecule has 2 aliphatic rings. The van der Waals surface area contributed by atoms with Crippen LogP contribution in [0.1, 0.15) is 53.4 Å². The largest absolute Gasteiger partial charge is 0.369 e. The first-order valence-electron chi connectivity index (χ1n) is 4.32. The van der Waals surface area contributed by atoms with Crippen LogP contribution in [0.25, 0.3) is 0 Å². The van der Waals surface area contributed by atoms with Crippen LogP contribution in [0.4, 0.5) is 0 Å². The van der Waals surface area contributed by atoms with Gasteiger partial charge < -0.3 is 4.74 Å². The standard InChI is InChI=1S/C9H16O.CH4/c1-8-4-3-5-9(2,10-8)7-6-8;/h3-7H2,1-2H3;1H4. The average Bonchev–Trinajstić information content (AvgIpc) is 2.03. The maximum absolute atomic E-state index is 5.97. The van der Waals surface area contributed by atoms with Gasteiger partial charge in [0.1, 0.15) is 0 Å². The van der Waals surface area contributed by atoms with E-state index in [4.69, 9.17) is 4.74 Å². The molecule has 0 aromatic rings. The molecule has 0 aromatic carbocycles. The maximum atomic E-state index is 5.97. The normalized spacial score (nSPS) is 48.5. The van der Waals surface area contributed by atoms with Crippen molar-refractivity contribution in [3.05, 3.63) is 0 Å². The van der Waals surface area contributed by atoms with E-state index < -0.39 is 0 Å². The van der Waals surface area contributed by atoms with Gasteiger partial charge >= 0.3 is 0 Å². The van der Waals surface area contributed by atoms with Crippen LogP contribution in [0.3, 0.4) is 0 Å². The third-order valence-electron chi connectivity index (χ3n) is 3.09. The van der Waals surface area contributed by atoms with Crippen LogP contribution in [-0.4, -0.2) is 11.2 Å². The fourth-order valence-electron chi connectivity index (χ4n) is 2.41. The lowest BCUT2D eigenvalue weighted by Gasteiger charge is -2.35. The summed E-state index contributed by atoms with van der Waals surface area (Å²) in [5, 5.41) is 0. The van der Waals surface area contributed by atoms with Gasteiger partial charge in [0, 0.05) is 0 Å². The van der Waals surface area contributed by atoms with Crippen molar-refractivity contribution < 1.29 is 4.74 Å². The fourth-order valence-corrected chi connectivity index (χ4v) is 2.41. The van der Waals surface area contributed by atoms with Gasteiger partial charge in [-0.15, -0.1) is 0 Å². The van der Waals surface area contributed by atoms with Crippen molar-refractivity contribution in [1.29, 1.82) is 0 Å². The minimum atomic E-state index is 0. The van der Waals surface area contributed by atoms with E-state index in [0.717, 1.165) is 0 Å². The fraction of sp³-hybridized carbons (Fsp3) is 1.00. The molecule has 0 saturated carbocycles. The van der Waals surface area contributed by atoms with Gasteiger partial charge in [0.25, 0.3) is 0 Å². The molecular weight excluding hydrogens is 136 g/mol. The van der Waals surface area contributed by atoms with Gasteiger partial charge in [-0.2, -0.15) is 0 Å². The van der Waals surface area contributed by atoms with E-state index in [1.165, 1.54) is 32.1 Å². The molecule has 66 valence electrons. The Labute approximate surface area is 70.1 Å². The van der Waals surface area contributed by atoms with Gasteiger partial charge in [0.05, 0.1) is 11.2 Å². The molecule has 2 fully saturated rings. The Morgan fingerprint density at radius 2 is 1.36 bits per heavy atom. The summed E-state index contributed by atoms with van der Waals surface area (Å²) in [5.74, 6) is 0. The molecular formula is C10H20O. The van der Waals surface area contributed by atoms with Crippen LogP contribution in [0.15, 0.2) is 0 Å². The number of fused-ring (bicyclic) bond motifs is 2. The minimum Gasteiger partial charge on any atom is -0.369 e. The summed E-state index contributed by atoms with van der Waals surface area (Å²) >= 11 is 0. The summed E-state index contributed by atoms with van der Waals surface area (Å²) < 4.78 is 5.97. The molecule has 0 N–H and O–H groups in total. The molecule has 2 bridgehead atoms. The third kappa shape index (κ3) is 1.44. The van der Waals surface area contributed by atoms with E-state index in [9.17, 15) is 0 Å². The SMILES string of the molecule is C.CC12CCCC(C)(CC1)O2. The zero-order valence-electron chi connectivity index (χ0n) is 6.94. The highest BCUT2D eigenvalue weighted by Crippen LogP contribution is 2.47. The lowest BCUT2D eigenvalue weighted by molar-refractivity contribution is -0.120. The van der Waals surface area contributed by atoms with Gasteiger partial charge in [0.2, 0.25) is 0 Å². The van der Waals surface area contributed by atoms with Crippen molar-refractivity contribution in [2.45, 2.75) is 64.6 Å². The maximum Gasteiger partial charge on any atom is 0.0663 e. The van der Waals surface area contributed by atoms with E-state index >= 15 is 0 Å². The summed E-state index contributed by atoms with van der Waals surface area (Å²) in [7, 11) is 0. The first-order chi connectivity index (χ1) is 4.62.